The van der Waals surface area contributed by atoms with Crippen molar-refractivity contribution in [2.24, 2.45) is 5.73 Å². The van der Waals surface area contributed by atoms with Crippen molar-refractivity contribution in [1.82, 2.24) is 19.9 Å². The molecule has 3 rings (SSSR count). The summed E-state index contributed by atoms with van der Waals surface area (Å²) in [7, 11) is 0. The van der Waals surface area contributed by atoms with Gasteiger partial charge >= 0.3 is 5.97 Å². The molecule has 3 N–H and O–H groups in total. The third-order valence-electron chi connectivity index (χ3n) is 2.99. The molecule has 0 bridgehead atoms. The third-order valence-corrected chi connectivity index (χ3v) is 2.99. The second-order valence-corrected chi connectivity index (χ2v) is 4.50. The van der Waals surface area contributed by atoms with Gasteiger partial charge in [0.1, 0.15) is 17.9 Å². The minimum Gasteiger partial charge on any atom is -0.404 e. The summed E-state index contributed by atoms with van der Waals surface area (Å²) < 4.78 is 5.23. The van der Waals surface area contributed by atoms with E-state index in [1.54, 1.807) is 0 Å². The van der Waals surface area contributed by atoms with Crippen molar-refractivity contribution in [2.45, 2.75) is 12.5 Å². The van der Waals surface area contributed by atoms with Crippen LogP contribution in [0.4, 0.5) is 0 Å². The van der Waals surface area contributed by atoms with E-state index in [2.05, 4.69) is 19.9 Å². The molecule has 1 aromatic carbocycles. The fourth-order valence-corrected chi connectivity index (χ4v) is 1.94. The Bertz CT molecular complexity index is 756. The standard InChI is InChI=1S/C14H13N5O2/c15-10(6-9-4-2-1-3-5-9)14(20)21-13-11-12(17-7-16-11)18-8-19-13/h1-5,7-8,10H,6,15H2,(H,16,17,18,19)/t10-/m0/s1. The molecule has 0 saturated heterocycles. The normalized spacial score (nSPS) is 12.2. The molecule has 2 heterocycles. The topological polar surface area (TPSA) is 107 Å². The first-order valence-corrected chi connectivity index (χ1v) is 6.39. The number of aromatic nitrogens is 4. The monoisotopic (exact) mass is 283 g/mol. The summed E-state index contributed by atoms with van der Waals surface area (Å²) in [5.74, 6) is -0.417. The molecule has 7 nitrogen and oxygen atoms in total. The number of nitrogens with one attached hydrogen (secondary N) is 1. The largest absolute Gasteiger partial charge is 0.404 e. The number of fused-ring (bicyclic) bond motifs is 1. The quantitative estimate of drug-likeness (QED) is 0.687. The maximum Gasteiger partial charge on any atom is 0.330 e. The van der Waals surface area contributed by atoms with Crippen LogP contribution in [0.25, 0.3) is 11.2 Å². The van der Waals surface area contributed by atoms with Gasteiger partial charge in [0.25, 0.3) is 5.88 Å². The zero-order valence-corrected chi connectivity index (χ0v) is 11.1. The van der Waals surface area contributed by atoms with Crippen molar-refractivity contribution < 1.29 is 9.53 Å². The number of nitrogens with two attached hydrogens (primary N) is 1. The lowest BCUT2D eigenvalue weighted by molar-refractivity contribution is -0.136. The van der Waals surface area contributed by atoms with Gasteiger partial charge in [-0.15, -0.1) is 0 Å². The highest BCUT2D eigenvalue weighted by Crippen LogP contribution is 2.17. The number of aromatic amines is 1. The zero-order valence-electron chi connectivity index (χ0n) is 11.1. The Hall–Kier alpha value is -2.80. The molecular weight excluding hydrogens is 270 g/mol. The minimum atomic E-state index is -0.764. The molecule has 0 radical (unpaired) electrons. The van der Waals surface area contributed by atoms with Gasteiger partial charge in [0.05, 0.1) is 6.33 Å². The molecule has 0 aliphatic carbocycles. The molecule has 3 aromatic rings. The molecule has 0 spiro atoms. The number of H-pyrrole nitrogens is 1. The van der Waals surface area contributed by atoms with Gasteiger partial charge < -0.3 is 15.5 Å². The number of rotatable bonds is 4. The summed E-state index contributed by atoms with van der Waals surface area (Å²) in [6.45, 7) is 0. The summed E-state index contributed by atoms with van der Waals surface area (Å²) >= 11 is 0. The van der Waals surface area contributed by atoms with Crippen molar-refractivity contribution in [1.29, 1.82) is 0 Å². The molecule has 1 atom stereocenters. The second kappa shape index (κ2) is 5.68. The van der Waals surface area contributed by atoms with Crippen LogP contribution in [-0.2, 0) is 11.2 Å². The molecule has 7 heteroatoms. The van der Waals surface area contributed by atoms with E-state index < -0.39 is 12.0 Å². The van der Waals surface area contributed by atoms with E-state index in [4.69, 9.17) is 10.5 Å². The van der Waals surface area contributed by atoms with E-state index in [1.165, 1.54) is 12.7 Å². The van der Waals surface area contributed by atoms with Gasteiger partial charge in [-0.1, -0.05) is 30.3 Å². The maximum atomic E-state index is 12.0. The fraction of sp³-hybridized carbons (Fsp3) is 0.143. The molecule has 0 unspecified atom stereocenters. The Morgan fingerprint density at radius 3 is 2.86 bits per heavy atom. The van der Waals surface area contributed by atoms with Crippen molar-refractivity contribution in [3.63, 3.8) is 0 Å². The number of carbonyl (C=O) groups is 1. The van der Waals surface area contributed by atoms with E-state index in [0.717, 1.165) is 5.56 Å². The average Bonchev–Trinajstić information content (AvgIpc) is 2.98. The van der Waals surface area contributed by atoms with Gasteiger partial charge in [0.2, 0.25) is 0 Å². The maximum absolute atomic E-state index is 12.0. The van der Waals surface area contributed by atoms with Gasteiger partial charge in [-0.05, 0) is 12.0 Å². The van der Waals surface area contributed by atoms with Crippen LogP contribution in [-0.4, -0.2) is 31.9 Å². The van der Waals surface area contributed by atoms with Gasteiger partial charge in [0.15, 0.2) is 5.65 Å². The number of carbonyl (C=O) groups excluding carboxylic acids is 1. The molecule has 0 aliphatic heterocycles. The first-order valence-electron chi connectivity index (χ1n) is 6.39. The highest BCUT2D eigenvalue weighted by atomic mass is 16.5. The van der Waals surface area contributed by atoms with Gasteiger partial charge in [-0.3, -0.25) is 0 Å². The minimum absolute atomic E-state index is 0.131. The number of imidazole rings is 1. The predicted molar refractivity (Wildman–Crippen MR) is 75.4 cm³/mol. The van der Waals surface area contributed by atoms with Crippen LogP contribution in [0, 0.1) is 0 Å². The first kappa shape index (κ1) is 13.2. The molecule has 0 fully saturated rings. The van der Waals surface area contributed by atoms with E-state index in [1.807, 2.05) is 30.3 Å². The van der Waals surface area contributed by atoms with Gasteiger partial charge in [0, 0.05) is 0 Å². The molecule has 0 aliphatic rings. The Balaban J connectivity index is 1.72. The van der Waals surface area contributed by atoms with Crippen LogP contribution in [0.3, 0.4) is 0 Å². The third kappa shape index (κ3) is 2.87. The Morgan fingerprint density at radius 1 is 1.24 bits per heavy atom. The van der Waals surface area contributed by atoms with Crippen molar-refractivity contribution in [3.8, 4) is 5.88 Å². The summed E-state index contributed by atoms with van der Waals surface area (Å²) in [5, 5.41) is 0. The second-order valence-electron chi connectivity index (χ2n) is 4.50. The molecule has 2 aromatic heterocycles. The van der Waals surface area contributed by atoms with Crippen LogP contribution < -0.4 is 10.5 Å². The summed E-state index contributed by atoms with van der Waals surface area (Å²) in [6, 6.07) is 8.75. The smallest absolute Gasteiger partial charge is 0.330 e. The van der Waals surface area contributed by atoms with Crippen LogP contribution >= 0.6 is 0 Å². The van der Waals surface area contributed by atoms with Gasteiger partial charge in [-0.2, -0.15) is 4.98 Å². The molecule has 106 valence electrons. The van der Waals surface area contributed by atoms with E-state index in [-0.39, 0.29) is 5.88 Å². The molecule has 21 heavy (non-hydrogen) atoms. The van der Waals surface area contributed by atoms with Gasteiger partial charge in [-0.25, -0.2) is 14.8 Å². The summed E-state index contributed by atoms with van der Waals surface area (Å²) in [5.41, 5.74) is 7.75. The van der Waals surface area contributed by atoms with Crippen LogP contribution in [0.5, 0.6) is 5.88 Å². The average molecular weight is 283 g/mol. The van der Waals surface area contributed by atoms with Crippen LogP contribution in [0.2, 0.25) is 0 Å². The van der Waals surface area contributed by atoms with Crippen LogP contribution in [0.15, 0.2) is 43.0 Å². The lowest BCUT2D eigenvalue weighted by Crippen LogP contribution is -2.36. The number of nitrogens with zero attached hydrogens (tertiary/aromatic N) is 3. The fourth-order valence-electron chi connectivity index (χ4n) is 1.94. The number of ether oxygens (including phenoxy) is 1. The number of hydrogen-bond donors (Lipinski definition) is 2. The number of esters is 1. The Kier molecular flexibility index (Phi) is 3.57. The Labute approximate surface area is 120 Å². The lowest BCUT2D eigenvalue weighted by atomic mass is 10.1. The molecule has 0 saturated carbocycles. The molecular formula is C14H13N5O2. The highest BCUT2D eigenvalue weighted by Gasteiger charge is 2.19. The number of hydrogen-bond acceptors (Lipinski definition) is 6. The summed E-state index contributed by atoms with van der Waals surface area (Å²) in [6.07, 6.45) is 3.14. The summed E-state index contributed by atoms with van der Waals surface area (Å²) in [4.78, 5) is 26.7. The van der Waals surface area contributed by atoms with Crippen molar-refractivity contribution >= 4 is 17.1 Å². The zero-order chi connectivity index (χ0) is 14.7. The predicted octanol–water partition coefficient (Wildman–Crippen LogP) is 0.828. The van der Waals surface area contributed by atoms with Crippen molar-refractivity contribution in [3.05, 3.63) is 48.5 Å². The van der Waals surface area contributed by atoms with Crippen molar-refractivity contribution in [2.75, 3.05) is 0 Å². The highest BCUT2D eigenvalue weighted by molar-refractivity contribution is 5.83. The van der Waals surface area contributed by atoms with E-state index in [9.17, 15) is 4.79 Å². The van der Waals surface area contributed by atoms with Crippen LogP contribution in [0.1, 0.15) is 5.56 Å². The first-order chi connectivity index (χ1) is 10.2. The lowest BCUT2D eigenvalue weighted by Gasteiger charge is -2.10. The van der Waals surface area contributed by atoms with E-state index in [0.29, 0.717) is 17.6 Å². The van der Waals surface area contributed by atoms with E-state index >= 15 is 0 Å². The number of benzene rings is 1. The SMILES string of the molecule is N[C@@H](Cc1ccccc1)C(=O)Oc1ncnc2nc[nH]c12. The Morgan fingerprint density at radius 2 is 2.05 bits per heavy atom. The molecule has 0 amide bonds.